The third-order valence-electron chi connectivity index (χ3n) is 7.44. The zero-order valence-electron chi connectivity index (χ0n) is 22.8. The van der Waals surface area contributed by atoms with E-state index in [-0.39, 0.29) is 12.4 Å². The fraction of sp³-hybridized carbons (Fsp3) is 0.344. The minimum absolute atomic E-state index is 0.153. The number of anilines is 2. The second kappa shape index (κ2) is 11.5. The Hall–Kier alpha value is -3.62. The molecule has 0 radical (unpaired) electrons. The zero-order valence-corrected chi connectivity index (χ0v) is 22.8. The summed E-state index contributed by atoms with van der Waals surface area (Å²) in [5, 5.41) is 15.1. The van der Waals surface area contributed by atoms with Crippen molar-refractivity contribution in [3.63, 3.8) is 0 Å². The molecule has 0 amide bonds. The molecular formula is C32H34F3N3O2. The van der Waals surface area contributed by atoms with Gasteiger partial charge in [-0.2, -0.15) is 13.2 Å². The lowest BCUT2D eigenvalue weighted by molar-refractivity contribution is -0.137. The molecule has 5 rings (SSSR count). The minimum Gasteiger partial charge on any atom is -0.492 e. The molecule has 40 heavy (non-hydrogen) atoms. The molecule has 0 bridgehead atoms. The topological polar surface area (TPSA) is 57.6 Å². The van der Waals surface area contributed by atoms with Crippen molar-refractivity contribution in [2.45, 2.75) is 44.9 Å². The highest BCUT2D eigenvalue weighted by Gasteiger charge is 2.33. The van der Waals surface area contributed by atoms with Crippen LogP contribution in [-0.4, -0.2) is 46.8 Å². The lowest BCUT2D eigenvalue weighted by Crippen LogP contribution is -2.46. The van der Waals surface area contributed by atoms with Crippen molar-refractivity contribution in [2.75, 3.05) is 31.6 Å². The van der Waals surface area contributed by atoms with E-state index in [1.54, 1.807) is 6.07 Å². The number of hydrogen-bond acceptors (Lipinski definition) is 5. The largest absolute Gasteiger partial charge is 0.492 e. The Kier molecular flexibility index (Phi) is 8.01. The van der Waals surface area contributed by atoms with Gasteiger partial charge < -0.3 is 15.2 Å². The minimum atomic E-state index is -4.51. The van der Waals surface area contributed by atoms with E-state index < -0.39 is 17.3 Å². The van der Waals surface area contributed by atoms with E-state index in [1.165, 1.54) is 5.56 Å². The molecule has 210 valence electrons. The first kappa shape index (κ1) is 27.9. The molecule has 2 N–H and O–H groups in total. The average Bonchev–Trinajstić information content (AvgIpc) is 2.89. The Morgan fingerprint density at radius 1 is 0.975 bits per heavy atom. The van der Waals surface area contributed by atoms with E-state index in [0.29, 0.717) is 50.3 Å². The summed E-state index contributed by atoms with van der Waals surface area (Å²) in [7, 11) is 0. The normalized spacial score (nSPS) is 15.8. The van der Waals surface area contributed by atoms with Gasteiger partial charge in [-0.3, -0.25) is 9.88 Å². The van der Waals surface area contributed by atoms with Crippen LogP contribution in [0.2, 0.25) is 0 Å². The summed E-state index contributed by atoms with van der Waals surface area (Å²) in [5.74, 6) is 0.153. The molecule has 4 aromatic rings. The summed E-state index contributed by atoms with van der Waals surface area (Å²) < 4.78 is 47.1. The van der Waals surface area contributed by atoms with Crippen LogP contribution in [0.3, 0.4) is 0 Å². The van der Waals surface area contributed by atoms with Gasteiger partial charge in [-0.1, -0.05) is 48.0 Å². The first-order valence-electron chi connectivity index (χ1n) is 13.6. The van der Waals surface area contributed by atoms with Gasteiger partial charge in [-0.05, 0) is 56.5 Å². The van der Waals surface area contributed by atoms with Crippen LogP contribution in [0.5, 0.6) is 5.75 Å². The smallest absolute Gasteiger partial charge is 0.416 e. The van der Waals surface area contributed by atoms with Gasteiger partial charge >= 0.3 is 6.18 Å². The molecule has 1 aromatic heterocycles. The molecule has 3 aromatic carbocycles. The number of rotatable bonds is 8. The van der Waals surface area contributed by atoms with Crippen molar-refractivity contribution in [2.24, 2.45) is 0 Å². The Bertz CT molecular complexity index is 1480. The van der Waals surface area contributed by atoms with Crippen LogP contribution in [0.1, 0.15) is 35.2 Å². The number of para-hydroxylation sites is 1. The van der Waals surface area contributed by atoms with Gasteiger partial charge in [-0.25, -0.2) is 0 Å². The first-order valence-corrected chi connectivity index (χ1v) is 13.6. The lowest BCUT2D eigenvalue weighted by Gasteiger charge is -2.38. The summed E-state index contributed by atoms with van der Waals surface area (Å²) in [6.07, 6.45) is -2.62. The molecular weight excluding hydrogens is 515 g/mol. The van der Waals surface area contributed by atoms with E-state index in [2.05, 4.69) is 21.3 Å². The number of aromatic nitrogens is 1. The lowest BCUT2D eigenvalue weighted by atomic mass is 9.85. The zero-order chi connectivity index (χ0) is 28.3. The summed E-state index contributed by atoms with van der Waals surface area (Å²) >= 11 is 0. The molecule has 1 aliphatic rings. The number of fused-ring (bicyclic) bond motifs is 1. The summed E-state index contributed by atoms with van der Waals surface area (Å²) in [6, 6.07) is 21.3. The van der Waals surface area contributed by atoms with Crippen LogP contribution in [-0.2, 0) is 12.6 Å². The Morgan fingerprint density at radius 3 is 2.50 bits per heavy atom. The number of hydrogen-bond donors (Lipinski definition) is 2. The maximum atomic E-state index is 13.7. The molecule has 1 fully saturated rings. The van der Waals surface area contributed by atoms with Gasteiger partial charge in [0.1, 0.15) is 12.4 Å². The molecule has 2 heterocycles. The predicted octanol–water partition coefficient (Wildman–Crippen LogP) is 7.06. The number of ether oxygens (including phenoxy) is 1. The molecule has 0 unspecified atom stereocenters. The number of nitrogens with zero attached hydrogens (tertiary/aromatic N) is 2. The monoisotopic (exact) mass is 549 g/mol. The van der Waals surface area contributed by atoms with Crippen LogP contribution < -0.4 is 10.1 Å². The standard InChI is InChI=1S/C32H34F3N3O2/c1-22-6-5-7-24(16-22)21-31(39)10-12-38(13-11-31)14-15-40-27-19-25(32(33,34)35)18-26(20-27)37-30-17-23(2)36-29-9-4-3-8-28(29)30/h3-9,16-20,39H,10-15,21H2,1-2H3,(H,36,37). The number of aryl methyl sites for hydroxylation is 2. The second-order valence-electron chi connectivity index (χ2n) is 10.8. The van der Waals surface area contributed by atoms with Crippen LogP contribution in [0.15, 0.2) is 72.8 Å². The van der Waals surface area contributed by atoms with E-state index in [9.17, 15) is 18.3 Å². The second-order valence-corrected chi connectivity index (χ2v) is 10.8. The molecule has 0 saturated carbocycles. The summed E-state index contributed by atoms with van der Waals surface area (Å²) in [6.45, 7) is 6.11. The van der Waals surface area contributed by atoms with Crippen molar-refractivity contribution in [1.82, 2.24) is 9.88 Å². The number of nitrogens with one attached hydrogen (secondary N) is 1. The number of aliphatic hydroxyl groups is 1. The SMILES string of the molecule is Cc1cccc(CC2(O)CCN(CCOc3cc(Nc4cc(C)nc5ccccc45)cc(C(F)(F)F)c3)CC2)c1. The molecule has 0 spiro atoms. The third kappa shape index (κ3) is 6.92. The predicted molar refractivity (Wildman–Crippen MR) is 152 cm³/mol. The highest BCUT2D eigenvalue weighted by molar-refractivity contribution is 5.93. The Morgan fingerprint density at radius 2 is 1.75 bits per heavy atom. The fourth-order valence-corrected chi connectivity index (χ4v) is 5.35. The van der Waals surface area contributed by atoms with E-state index >= 15 is 0 Å². The fourth-order valence-electron chi connectivity index (χ4n) is 5.35. The number of benzene rings is 3. The number of pyridine rings is 1. The van der Waals surface area contributed by atoms with Gasteiger partial charge in [0.2, 0.25) is 0 Å². The van der Waals surface area contributed by atoms with Crippen molar-refractivity contribution in [3.8, 4) is 5.75 Å². The van der Waals surface area contributed by atoms with Gasteiger partial charge in [0.05, 0.1) is 16.7 Å². The first-order chi connectivity index (χ1) is 19.1. The summed E-state index contributed by atoms with van der Waals surface area (Å²) in [5.41, 5.74) is 3.28. The highest BCUT2D eigenvalue weighted by atomic mass is 19.4. The molecule has 1 aliphatic heterocycles. The Balaban J connectivity index is 1.23. The van der Waals surface area contributed by atoms with Crippen LogP contribution in [0.4, 0.5) is 24.5 Å². The number of halogens is 3. The van der Waals surface area contributed by atoms with E-state index in [4.69, 9.17) is 4.74 Å². The number of piperidine rings is 1. The van der Waals surface area contributed by atoms with Gasteiger partial charge in [0.15, 0.2) is 0 Å². The van der Waals surface area contributed by atoms with Gasteiger partial charge in [0.25, 0.3) is 0 Å². The van der Waals surface area contributed by atoms with Crippen LogP contribution in [0, 0.1) is 13.8 Å². The maximum absolute atomic E-state index is 13.7. The van der Waals surface area contributed by atoms with Crippen molar-refractivity contribution in [3.05, 3.63) is 95.2 Å². The van der Waals surface area contributed by atoms with Crippen LogP contribution >= 0.6 is 0 Å². The quantitative estimate of drug-likeness (QED) is 0.246. The maximum Gasteiger partial charge on any atom is 0.416 e. The molecule has 5 nitrogen and oxygen atoms in total. The molecule has 0 atom stereocenters. The highest BCUT2D eigenvalue weighted by Crippen LogP contribution is 2.36. The van der Waals surface area contributed by atoms with Gasteiger partial charge in [-0.15, -0.1) is 0 Å². The van der Waals surface area contributed by atoms with E-state index in [0.717, 1.165) is 34.3 Å². The summed E-state index contributed by atoms with van der Waals surface area (Å²) in [4.78, 5) is 6.69. The Labute approximate surface area is 232 Å². The third-order valence-corrected chi connectivity index (χ3v) is 7.44. The number of alkyl halides is 3. The average molecular weight is 550 g/mol. The van der Waals surface area contributed by atoms with E-state index in [1.807, 2.05) is 62.4 Å². The number of likely N-dealkylation sites (tertiary alicyclic amines) is 1. The van der Waals surface area contributed by atoms with Crippen molar-refractivity contribution in [1.29, 1.82) is 0 Å². The van der Waals surface area contributed by atoms with Crippen molar-refractivity contribution < 1.29 is 23.0 Å². The molecule has 1 saturated heterocycles. The van der Waals surface area contributed by atoms with Crippen molar-refractivity contribution >= 4 is 22.3 Å². The molecule has 8 heteroatoms. The van der Waals surface area contributed by atoms with Crippen LogP contribution in [0.25, 0.3) is 10.9 Å². The molecule has 0 aliphatic carbocycles. The van der Waals surface area contributed by atoms with Gasteiger partial charge in [0, 0.05) is 54.6 Å².